The van der Waals surface area contributed by atoms with Crippen LogP contribution in [0, 0.1) is 5.82 Å². The summed E-state index contributed by atoms with van der Waals surface area (Å²) in [5.41, 5.74) is 2.87. The second-order valence-electron chi connectivity index (χ2n) is 7.54. The molecule has 0 N–H and O–H groups in total. The number of hydrogen-bond donors (Lipinski definition) is 0. The van der Waals surface area contributed by atoms with Crippen molar-refractivity contribution in [3.05, 3.63) is 59.7 Å². The molecule has 2 aromatic rings. The normalized spacial score (nSPS) is 17.7. The van der Waals surface area contributed by atoms with Gasteiger partial charge in [0, 0.05) is 58.2 Å². The molecule has 1 fully saturated rings. The van der Waals surface area contributed by atoms with E-state index in [4.69, 9.17) is 0 Å². The molecule has 0 radical (unpaired) electrons. The fourth-order valence-corrected chi connectivity index (χ4v) is 4.03. The summed E-state index contributed by atoms with van der Waals surface area (Å²) in [6.45, 7) is 6.32. The maximum atomic E-state index is 13.1. The van der Waals surface area contributed by atoms with Crippen molar-refractivity contribution in [1.82, 2.24) is 14.4 Å². The van der Waals surface area contributed by atoms with Crippen LogP contribution < -0.4 is 4.90 Å². The summed E-state index contributed by atoms with van der Waals surface area (Å²) in [5.74, 6) is -0.0651. The van der Waals surface area contributed by atoms with E-state index in [1.54, 1.807) is 0 Å². The molecule has 1 saturated heterocycles. The molecule has 2 aliphatic rings. The standard InChI is InChI=1S/C22H27FN4O/c1-24-13-9-20-21(24)4-2-11-27(22(20)28)12-3-10-25-14-16-26(17-15-25)19-7-5-18(23)6-8-19/h2,4-9,13H,3,10-12,14-17H2,1H3. The third-order valence-corrected chi connectivity index (χ3v) is 5.71. The van der Waals surface area contributed by atoms with Gasteiger partial charge in [0.15, 0.2) is 0 Å². The highest BCUT2D eigenvalue weighted by Gasteiger charge is 2.22. The topological polar surface area (TPSA) is 31.7 Å². The van der Waals surface area contributed by atoms with E-state index in [-0.39, 0.29) is 11.7 Å². The van der Waals surface area contributed by atoms with Gasteiger partial charge < -0.3 is 14.4 Å². The number of aryl methyl sites for hydroxylation is 1. The summed E-state index contributed by atoms with van der Waals surface area (Å²) in [6, 6.07) is 8.65. The number of aromatic nitrogens is 1. The molecule has 2 aliphatic heterocycles. The number of amides is 1. The summed E-state index contributed by atoms with van der Waals surface area (Å²) >= 11 is 0. The maximum Gasteiger partial charge on any atom is 0.256 e. The van der Waals surface area contributed by atoms with E-state index in [2.05, 4.69) is 15.9 Å². The average molecular weight is 382 g/mol. The van der Waals surface area contributed by atoms with Gasteiger partial charge in [-0.15, -0.1) is 0 Å². The van der Waals surface area contributed by atoms with Gasteiger partial charge in [0.1, 0.15) is 5.82 Å². The highest BCUT2D eigenvalue weighted by molar-refractivity contribution is 5.98. The van der Waals surface area contributed by atoms with Crippen LogP contribution in [0.4, 0.5) is 10.1 Å². The number of rotatable bonds is 5. The molecular formula is C22H27FN4O. The SMILES string of the molecule is Cn1ccc2c1C=CCN(CCCN1CCN(c3ccc(F)cc3)CC1)C2=O. The minimum Gasteiger partial charge on any atom is -0.369 e. The van der Waals surface area contributed by atoms with E-state index in [9.17, 15) is 9.18 Å². The fourth-order valence-electron chi connectivity index (χ4n) is 4.03. The van der Waals surface area contributed by atoms with Gasteiger partial charge >= 0.3 is 0 Å². The number of fused-ring (bicyclic) bond motifs is 1. The van der Waals surface area contributed by atoms with Crippen molar-refractivity contribution in [3.63, 3.8) is 0 Å². The van der Waals surface area contributed by atoms with Gasteiger partial charge in [-0.3, -0.25) is 9.69 Å². The number of halogens is 1. The van der Waals surface area contributed by atoms with Crippen molar-refractivity contribution in [1.29, 1.82) is 0 Å². The number of hydrogen-bond acceptors (Lipinski definition) is 3. The highest BCUT2D eigenvalue weighted by Crippen LogP contribution is 2.19. The molecular weight excluding hydrogens is 355 g/mol. The zero-order valence-corrected chi connectivity index (χ0v) is 16.4. The second kappa shape index (κ2) is 8.19. The highest BCUT2D eigenvalue weighted by atomic mass is 19.1. The van der Waals surface area contributed by atoms with Gasteiger partial charge in [-0.1, -0.05) is 6.08 Å². The Balaban J connectivity index is 1.24. The predicted octanol–water partition coefficient (Wildman–Crippen LogP) is 2.85. The molecule has 148 valence electrons. The van der Waals surface area contributed by atoms with Gasteiger partial charge in [-0.05, 0) is 49.4 Å². The summed E-state index contributed by atoms with van der Waals surface area (Å²) in [5, 5.41) is 0. The monoisotopic (exact) mass is 382 g/mol. The molecule has 28 heavy (non-hydrogen) atoms. The first-order chi connectivity index (χ1) is 13.6. The molecule has 0 bridgehead atoms. The third kappa shape index (κ3) is 3.97. The van der Waals surface area contributed by atoms with Crippen LogP contribution in [0.2, 0.25) is 0 Å². The molecule has 5 nitrogen and oxygen atoms in total. The van der Waals surface area contributed by atoms with E-state index >= 15 is 0 Å². The van der Waals surface area contributed by atoms with Gasteiger partial charge in [0.2, 0.25) is 0 Å². The van der Waals surface area contributed by atoms with E-state index in [1.807, 2.05) is 47.0 Å². The molecule has 1 amide bonds. The van der Waals surface area contributed by atoms with Crippen molar-refractivity contribution >= 4 is 17.7 Å². The Bertz CT molecular complexity index is 850. The molecule has 4 rings (SSSR count). The molecule has 0 aliphatic carbocycles. The van der Waals surface area contributed by atoms with Gasteiger partial charge in [0.25, 0.3) is 5.91 Å². The number of carbonyl (C=O) groups is 1. The molecule has 0 atom stereocenters. The lowest BCUT2D eigenvalue weighted by Crippen LogP contribution is -2.47. The molecule has 3 heterocycles. The lowest BCUT2D eigenvalue weighted by Gasteiger charge is -2.36. The lowest BCUT2D eigenvalue weighted by atomic mass is 10.2. The molecule has 1 aromatic carbocycles. The number of anilines is 1. The van der Waals surface area contributed by atoms with Crippen LogP contribution in [0.3, 0.4) is 0 Å². The van der Waals surface area contributed by atoms with Crippen LogP contribution in [-0.2, 0) is 7.05 Å². The maximum absolute atomic E-state index is 13.1. The van der Waals surface area contributed by atoms with Crippen molar-refractivity contribution in [2.24, 2.45) is 7.05 Å². The van der Waals surface area contributed by atoms with Crippen molar-refractivity contribution < 1.29 is 9.18 Å². The first-order valence-electron chi connectivity index (χ1n) is 9.96. The predicted molar refractivity (Wildman–Crippen MR) is 110 cm³/mol. The number of benzene rings is 1. The third-order valence-electron chi connectivity index (χ3n) is 5.71. The van der Waals surface area contributed by atoms with Crippen molar-refractivity contribution in [2.75, 3.05) is 50.7 Å². The smallest absolute Gasteiger partial charge is 0.256 e. The van der Waals surface area contributed by atoms with Crippen LogP contribution >= 0.6 is 0 Å². The minimum absolute atomic E-state index is 0.127. The summed E-state index contributed by atoms with van der Waals surface area (Å²) in [7, 11) is 1.97. The summed E-state index contributed by atoms with van der Waals surface area (Å²) in [6.07, 6.45) is 7.03. The van der Waals surface area contributed by atoms with E-state index < -0.39 is 0 Å². The Morgan fingerprint density at radius 3 is 2.50 bits per heavy atom. The summed E-state index contributed by atoms with van der Waals surface area (Å²) in [4.78, 5) is 19.5. The number of carbonyl (C=O) groups excluding carboxylic acids is 1. The number of nitrogens with zero attached hydrogens (tertiary/aromatic N) is 4. The van der Waals surface area contributed by atoms with Gasteiger partial charge in [-0.25, -0.2) is 4.39 Å². The number of piperazine rings is 1. The first kappa shape index (κ1) is 18.7. The van der Waals surface area contributed by atoms with Crippen molar-refractivity contribution in [3.8, 4) is 0 Å². The Hall–Kier alpha value is -2.60. The zero-order chi connectivity index (χ0) is 19.5. The molecule has 0 unspecified atom stereocenters. The largest absolute Gasteiger partial charge is 0.369 e. The molecule has 6 heteroatoms. The second-order valence-corrected chi connectivity index (χ2v) is 7.54. The Kier molecular flexibility index (Phi) is 5.48. The average Bonchev–Trinajstić information content (AvgIpc) is 2.99. The quantitative estimate of drug-likeness (QED) is 0.797. The van der Waals surface area contributed by atoms with Crippen LogP contribution in [0.1, 0.15) is 22.5 Å². The molecule has 0 spiro atoms. The van der Waals surface area contributed by atoms with Gasteiger partial charge in [0.05, 0.1) is 11.3 Å². The van der Waals surface area contributed by atoms with Gasteiger partial charge in [-0.2, -0.15) is 0 Å². The fraction of sp³-hybridized carbons (Fsp3) is 0.409. The van der Waals surface area contributed by atoms with Crippen molar-refractivity contribution in [2.45, 2.75) is 6.42 Å². The van der Waals surface area contributed by atoms with Crippen LogP contribution in [-0.4, -0.2) is 66.1 Å². The Morgan fingerprint density at radius 2 is 1.75 bits per heavy atom. The Morgan fingerprint density at radius 1 is 1.00 bits per heavy atom. The van der Waals surface area contributed by atoms with Crippen LogP contribution in [0.5, 0.6) is 0 Å². The first-order valence-corrected chi connectivity index (χ1v) is 9.96. The minimum atomic E-state index is -0.192. The zero-order valence-electron chi connectivity index (χ0n) is 16.4. The summed E-state index contributed by atoms with van der Waals surface area (Å²) < 4.78 is 15.1. The molecule has 0 saturated carbocycles. The van der Waals surface area contributed by atoms with Crippen LogP contribution in [0.25, 0.3) is 6.08 Å². The van der Waals surface area contributed by atoms with E-state index in [0.29, 0.717) is 6.54 Å². The van der Waals surface area contributed by atoms with E-state index in [0.717, 1.165) is 62.6 Å². The van der Waals surface area contributed by atoms with Crippen LogP contribution in [0.15, 0.2) is 42.6 Å². The van der Waals surface area contributed by atoms with E-state index in [1.165, 1.54) is 12.1 Å². The Labute approximate surface area is 165 Å². The lowest BCUT2D eigenvalue weighted by molar-refractivity contribution is 0.0768. The molecule has 1 aromatic heterocycles.